The minimum Gasteiger partial charge on any atom is -0.491 e. The first-order valence-electron chi connectivity index (χ1n) is 10.0. The third kappa shape index (κ3) is 4.94. The van der Waals surface area contributed by atoms with Gasteiger partial charge in [0.15, 0.2) is 23.2 Å². The van der Waals surface area contributed by atoms with Crippen LogP contribution in [0.3, 0.4) is 0 Å². The topological polar surface area (TPSA) is 29.5 Å². The van der Waals surface area contributed by atoms with Gasteiger partial charge in [-0.2, -0.15) is 0 Å². The lowest BCUT2D eigenvalue weighted by Crippen LogP contribution is -2.12. The van der Waals surface area contributed by atoms with E-state index in [-0.39, 0.29) is 34.5 Å². The van der Waals surface area contributed by atoms with E-state index in [1.165, 1.54) is 19.1 Å². The molecule has 29 heavy (non-hydrogen) atoms. The molecule has 0 spiro atoms. The molecule has 0 amide bonds. The van der Waals surface area contributed by atoms with E-state index in [0.717, 1.165) is 31.2 Å². The van der Waals surface area contributed by atoms with Gasteiger partial charge in [0.2, 0.25) is 0 Å². The van der Waals surface area contributed by atoms with Crippen molar-refractivity contribution in [3.63, 3.8) is 0 Å². The number of benzene rings is 2. The predicted octanol–water partition coefficient (Wildman–Crippen LogP) is 5.88. The molecule has 0 heterocycles. The molecule has 2 aromatic rings. The Morgan fingerprint density at radius 1 is 1.07 bits per heavy atom. The predicted molar refractivity (Wildman–Crippen MR) is 106 cm³/mol. The van der Waals surface area contributed by atoms with Gasteiger partial charge in [-0.25, -0.2) is 13.2 Å². The number of hydrogen-bond donors (Lipinski definition) is 1. The Balaban J connectivity index is 1.64. The monoisotopic (exact) mass is 402 g/mol. The van der Waals surface area contributed by atoms with Crippen LogP contribution in [0.25, 0.3) is 0 Å². The van der Waals surface area contributed by atoms with Gasteiger partial charge < -0.3 is 9.84 Å². The van der Waals surface area contributed by atoms with Crippen molar-refractivity contribution in [1.29, 1.82) is 0 Å². The second-order valence-electron chi connectivity index (χ2n) is 7.45. The molecular formula is C24H25F3O2. The highest BCUT2D eigenvalue weighted by atomic mass is 19.2. The van der Waals surface area contributed by atoms with Crippen LogP contribution >= 0.6 is 0 Å². The molecule has 1 atom stereocenters. The number of aliphatic hydroxyl groups is 1. The molecule has 1 aliphatic rings. The van der Waals surface area contributed by atoms with Crippen LogP contribution in [0.5, 0.6) is 5.75 Å². The van der Waals surface area contributed by atoms with E-state index in [4.69, 9.17) is 4.74 Å². The zero-order chi connectivity index (χ0) is 21.0. The summed E-state index contributed by atoms with van der Waals surface area (Å²) in [6, 6.07) is 7.90. The van der Waals surface area contributed by atoms with Crippen molar-refractivity contribution in [2.75, 3.05) is 6.61 Å². The standard InChI is InChI=1S/C24H25F3O2/c1-3-29-22-13-11-19(14-21(22)25)17-7-4-16(5-8-17)6-9-18-10-12-20(15(2)28)24(27)23(18)26/h10-17,28H,3-5,7-8H2,1-2H3. The zero-order valence-corrected chi connectivity index (χ0v) is 16.6. The fraction of sp³-hybridized carbons (Fsp3) is 0.417. The van der Waals surface area contributed by atoms with E-state index in [1.54, 1.807) is 12.1 Å². The second kappa shape index (κ2) is 9.37. The van der Waals surface area contributed by atoms with Gasteiger partial charge in [0.1, 0.15) is 0 Å². The summed E-state index contributed by atoms with van der Waals surface area (Å²) in [5.74, 6) is 4.02. The summed E-state index contributed by atoms with van der Waals surface area (Å²) in [4.78, 5) is 0. The highest BCUT2D eigenvalue weighted by Crippen LogP contribution is 2.37. The molecule has 0 aromatic heterocycles. The summed E-state index contributed by atoms with van der Waals surface area (Å²) in [7, 11) is 0. The molecule has 2 nitrogen and oxygen atoms in total. The van der Waals surface area contributed by atoms with E-state index in [2.05, 4.69) is 11.8 Å². The van der Waals surface area contributed by atoms with Crippen LogP contribution in [-0.4, -0.2) is 11.7 Å². The molecule has 1 N–H and O–H groups in total. The van der Waals surface area contributed by atoms with Gasteiger partial charge in [-0.1, -0.05) is 24.0 Å². The van der Waals surface area contributed by atoms with Gasteiger partial charge in [0.25, 0.3) is 0 Å². The van der Waals surface area contributed by atoms with Gasteiger partial charge in [-0.3, -0.25) is 0 Å². The largest absolute Gasteiger partial charge is 0.491 e. The van der Waals surface area contributed by atoms with Crippen LogP contribution in [0.1, 0.15) is 68.2 Å². The van der Waals surface area contributed by atoms with Crippen molar-refractivity contribution < 1.29 is 23.0 Å². The molecule has 3 rings (SSSR count). The van der Waals surface area contributed by atoms with E-state index < -0.39 is 17.7 Å². The zero-order valence-electron chi connectivity index (χ0n) is 16.6. The highest BCUT2D eigenvalue weighted by Gasteiger charge is 2.22. The minimum atomic E-state index is -1.07. The first-order valence-corrected chi connectivity index (χ1v) is 10.0. The van der Waals surface area contributed by atoms with Crippen molar-refractivity contribution in [2.45, 2.75) is 51.6 Å². The lowest BCUT2D eigenvalue weighted by Gasteiger charge is -2.26. The average molecular weight is 402 g/mol. The molecule has 1 saturated carbocycles. The molecule has 2 aromatic carbocycles. The Kier molecular flexibility index (Phi) is 6.87. The van der Waals surface area contributed by atoms with E-state index in [1.807, 2.05) is 13.0 Å². The third-order valence-corrected chi connectivity index (χ3v) is 5.43. The quantitative estimate of drug-likeness (QED) is 0.647. The van der Waals surface area contributed by atoms with Crippen LogP contribution in [-0.2, 0) is 0 Å². The summed E-state index contributed by atoms with van der Waals surface area (Å²) in [6.45, 7) is 3.63. The maximum atomic E-state index is 14.2. The molecule has 154 valence electrons. The summed E-state index contributed by atoms with van der Waals surface area (Å²) in [5.41, 5.74) is 0.887. The second-order valence-corrected chi connectivity index (χ2v) is 7.45. The molecule has 1 unspecified atom stereocenters. The van der Waals surface area contributed by atoms with Gasteiger partial charge in [-0.15, -0.1) is 0 Å². The molecule has 1 aliphatic carbocycles. The Labute approximate surface area is 169 Å². The van der Waals surface area contributed by atoms with Crippen LogP contribution in [0.15, 0.2) is 30.3 Å². The van der Waals surface area contributed by atoms with Crippen molar-refractivity contribution in [3.8, 4) is 17.6 Å². The molecule has 0 aliphatic heterocycles. The Morgan fingerprint density at radius 3 is 2.41 bits per heavy atom. The molecule has 0 saturated heterocycles. The number of hydrogen-bond acceptors (Lipinski definition) is 2. The van der Waals surface area contributed by atoms with Gasteiger partial charge in [0.05, 0.1) is 18.3 Å². The molecule has 0 radical (unpaired) electrons. The van der Waals surface area contributed by atoms with Crippen LogP contribution in [0.4, 0.5) is 13.2 Å². The Morgan fingerprint density at radius 2 is 1.79 bits per heavy atom. The van der Waals surface area contributed by atoms with E-state index in [0.29, 0.717) is 6.61 Å². The molecule has 5 heteroatoms. The van der Waals surface area contributed by atoms with Crippen molar-refractivity contribution >= 4 is 0 Å². The summed E-state index contributed by atoms with van der Waals surface area (Å²) in [6.07, 6.45) is 2.30. The lowest BCUT2D eigenvalue weighted by atomic mass is 9.79. The normalized spacial score (nSPS) is 19.9. The van der Waals surface area contributed by atoms with Gasteiger partial charge >= 0.3 is 0 Å². The SMILES string of the molecule is CCOc1ccc(C2CCC(C#Cc3ccc(C(C)O)c(F)c3F)CC2)cc1F. The van der Waals surface area contributed by atoms with Crippen LogP contribution < -0.4 is 4.74 Å². The van der Waals surface area contributed by atoms with Crippen molar-refractivity contribution in [1.82, 2.24) is 0 Å². The number of rotatable bonds is 4. The summed E-state index contributed by atoms with van der Waals surface area (Å²) < 4.78 is 47.5. The minimum absolute atomic E-state index is 0.00241. The fourth-order valence-corrected chi connectivity index (χ4v) is 3.78. The number of halogens is 3. The van der Waals surface area contributed by atoms with Crippen LogP contribution in [0.2, 0.25) is 0 Å². The summed E-state index contributed by atoms with van der Waals surface area (Å²) in [5, 5.41) is 9.46. The Bertz CT molecular complexity index is 920. The average Bonchev–Trinajstić information content (AvgIpc) is 2.71. The first-order chi connectivity index (χ1) is 13.9. The number of ether oxygens (including phenoxy) is 1. The van der Waals surface area contributed by atoms with E-state index in [9.17, 15) is 18.3 Å². The lowest BCUT2D eigenvalue weighted by molar-refractivity contribution is 0.192. The Hall–Kier alpha value is -2.45. The van der Waals surface area contributed by atoms with Gasteiger partial charge in [-0.05, 0) is 69.2 Å². The van der Waals surface area contributed by atoms with Crippen molar-refractivity contribution in [2.24, 2.45) is 5.92 Å². The maximum Gasteiger partial charge on any atom is 0.174 e. The van der Waals surface area contributed by atoms with Crippen molar-refractivity contribution in [3.05, 3.63) is 64.5 Å². The number of aliphatic hydroxyl groups excluding tert-OH is 1. The van der Waals surface area contributed by atoms with E-state index >= 15 is 0 Å². The molecule has 1 fully saturated rings. The smallest absolute Gasteiger partial charge is 0.174 e. The molecule has 0 bridgehead atoms. The fourth-order valence-electron chi connectivity index (χ4n) is 3.78. The maximum absolute atomic E-state index is 14.2. The molecular weight excluding hydrogens is 377 g/mol. The summed E-state index contributed by atoms with van der Waals surface area (Å²) >= 11 is 0. The first kappa shape index (κ1) is 21.3. The third-order valence-electron chi connectivity index (χ3n) is 5.43. The van der Waals surface area contributed by atoms with Crippen LogP contribution in [0, 0.1) is 35.2 Å². The van der Waals surface area contributed by atoms with Gasteiger partial charge in [0, 0.05) is 11.5 Å². The highest BCUT2D eigenvalue weighted by molar-refractivity contribution is 5.39.